The monoisotopic (exact) mass is 989 g/mol. The third-order valence-electron chi connectivity index (χ3n) is 17.8. The molecule has 9 aromatic carbocycles. The summed E-state index contributed by atoms with van der Waals surface area (Å²) in [5, 5.41) is 0. The highest BCUT2D eigenvalue weighted by atomic mass is 15.2. The molecule has 0 aromatic heterocycles. The van der Waals surface area contributed by atoms with Gasteiger partial charge >= 0.3 is 0 Å². The summed E-state index contributed by atoms with van der Waals surface area (Å²) < 4.78 is 0. The molecule has 0 saturated heterocycles. The van der Waals surface area contributed by atoms with Gasteiger partial charge in [0.2, 0.25) is 0 Å². The van der Waals surface area contributed by atoms with Crippen LogP contribution in [0, 0.1) is 13.8 Å². The van der Waals surface area contributed by atoms with Crippen LogP contribution in [0.1, 0.15) is 161 Å². The summed E-state index contributed by atoms with van der Waals surface area (Å²) in [4.78, 5) is 5.10. The molecule has 2 aliphatic carbocycles. The molecule has 4 aliphatic rings. The Balaban J connectivity index is 1.20. The molecule has 0 bridgehead atoms. The molecule has 0 saturated carbocycles. The number of benzene rings is 9. The third-order valence-corrected chi connectivity index (χ3v) is 17.8. The zero-order valence-corrected chi connectivity index (χ0v) is 47.2. The van der Waals surface area contributed by atoms with E-state index >= 15 is 0 Å². The fourth-order valence-corrected chi connectivity index (χ4v) is 13.7. The second-order valence-corrected chi connectivity index (χ2v) is 26.8. The molecule has 2 spiro atoms. The molecule has 2 nitrogen and oxygen atoms in total. The lowest BCUT2D eigenvalue weighted by molar-refractivity contribution is 0.585. The minimum absolute atomic E-state index is 0.0672. The van der Waals surface area contributed by atoms with Gasteiger partial charge < -0.3 is 9.80 Å². The topological polar surface area (TPSA) is 6.48 Å². The predicted octanol–water partition coefficient (Wildman–Crippen LogP) is 19.8. The Kier molecular flexibility index (Phi) is 10.2. The van der Waals surface area contributed by atoms with Gasteiger partial charge in [-0.15, -0.1) is 0 Å². The summed E-state index contributed by atoms with van der Waals surface area (Å²) in [6, 6.07) is 72.2. The van der Waals surface area contributed by atoms with Crippen molar-refractivity contribution in [2.75, 3.05) is 9.80 Å². The molecule has 76 heavy (non-hydrogen) atoms. The van der Waals surface area contributed by atoms with Gasteiger partial charge in [-0.25, -0.2) is 0 Å². The Morgan fingerprint density at radius 3 is 1.04 bits per heavy atom. The summed E-state index contributed by atoms with van der Waals surface area (Å²) in [5.74, 6) is 0. The molecular weight excluding hydrogens is 917 g/mol. The third kappa shape index (κ3) is 6.71. The maximum atomic E-state index is 2.69. The number of fused-ring (bicyclic) bond motifs is 18. The van der Waals surface area contributed by atoms with Crippen molar-refractivity contribution >= 4 is 34.1 Å². The van der Waals surface area contributed by atoms with E-state index in [1.807, 2.05) is 0 Å². The van der Waals surface area contributed by atoms with Crippen LogP contribution in [0.25, 0.3) is 22.3 Å². The molecule has 2 unspecified atom stereocenters. The number of anilines is 6. The van der Waals surface area contributed by atoms with Crippen LogP contribution in [0.15, 0.2) is 182 Å². The fourth-order valence-electron chi connectivity index (χ4n) is 13.7. The smallest absolute Gasteiger partial charge is 0.0754 e. The van der Waals surface area contributed by atoms with Gasteiger partial charge in [-0.2, -0.15) is 0 Å². The maximum absolute atomic E-state index is 2.69. The number of rotatable bonds is 2. The van der Waals surface area contributed by atoms with Crippen LogP contribution >= 0.6 is 0 Å². The van der Waals surface area contributed by atoms with Gasteiger partial charge in [0.15, 0.2) is 0 Å². The van der Waals surface area contributed by atoms with Crippen LogP contribution in [0.5, 0.6) is 0 Å². The van der Waals surface area contributed by atoms with E-state index in [-0.39, 0.29) is 21.7 Å². The van der Waals surface area contributed by atoms with Crippen LogP contribution in [0.3, 0.4) is 0 Å². The lowest BCUT2D eigenvalue weighted by Crippen LogP contribution is -2.37. The minimum Gasteiger partial charge on any atom is -0.310 e. The number of nitrogens with zero attached hydrogens (tertiary/aromatic N) is 2. The Bertz CT molecular complexity index is 3880. The van der Waals surface area contributed by atoms with Gasteiger partial charge in [0.05, 0.1) is 33.6 Å². The van der Waals surface area contributed by atoms with Crippen LogP contribution in [0.2, 0.25) is 0 Å². The van der Waals surface area contributed by atoms with Crippen molar-refractivity contribution in [1.29, 1.82) is 0 Å². The van der Waals surface area contributed by atoms with E-state index in [9.17, 15) is 0 Å². The van der Waals surface area contributed by atoms with Crippen LogP contribution in [-0.4, -0.2) is 0 Å². The second-order valence-electron chi connectivity index (χ2n) is 26.8. The fraction of sp³-hybridized carbons (Fsp3) is 0.270. The van der Waals surface area contributed by atoms with Crippen molar-refractivity contribution in [3.05, 3.63) is 260 Å². The number of hydrogen-bond donors (Lipinski definition) is 0. The van der Waals surface area contributed by atoms with Crippen molar-refractivity contribution in [3.8, 4) is 22.3 Å². The van der Waals surface area contributed by atoms with Crippen molar-refractivity contribution < 1.29 is 0 Å². The lowest BCUT2D eigenvalue weighted by Gasteiger charge is -2.46. The van der Waals surface area contributed by atoms with E-state index in [1.54, 1.807) is 0 Å². The summed E-state index contributed by atoms with van der Waals surface area (Å²) in [7, 11) is 0. The highest BCUT2D eigenvalue weighted by Gasteiger charge is 2.57. The first kappa shape index (κ1) is 48.2. The standard InChI is InChI=1S/C74H72N2/c1-45-23-31-51(32-24-45)75-65-21-17-16-20-58(65)74(64-41-49(71(9,10)11)30-38-67(64)75)61-40-48(70(6,7)8)28-36-54(61)56-43-62-55(44-63(56)74)53-35-27-47(69(3,4)5)39-60(53)73(62)57-19-15-18-22-66(57)76(52-33-25-46(2)26-34-52)68-42-50(72(12,13)14)29-37-59(68)73/h15-44H,1-14H3. The van der Waals surface area contributed by atoms with Crippen molar-refractivity contribution in [3.63, 3.8) is 0 Å². The minimum atomic E-state index is -0.650. The largest absolute Gasteiger partial charge is 0.310 e. The van der Waals surface area contributed by atoms with Crippen molar-refractivity contribution in [1.82, 2.24) is 0 Å². The summed E-state index contributed by atoms with van der Waals surface area (Å²) in [6.45, 7) is 32.7. The zero-order chi connectivity index (χ0) is 53.2. The van der Waals surface area contributed by atoms with E-state index in [1.165, 1.54) is 134 Å². The average Bonchev–Trinajstić information content (AvgIpc) is 4.04. The van der Waals surface area contributed by atoms with Crippen molar-refractivity contribution in [2.24, 2.45) is 0 Å². The zero-order valence-electron chi connectivity index (χ0n) is 47.2. The number of para-hydroxylation sites is 2. The molecule has 0 radical (unpaired) electrons. The van der Waals surface area contributed by atoms with E-state index in [4.69, 9.17) is 0 Å². The molecule has 2 heteroatoms. The van der Waals surface area contributed by atoms with Crippen molar-refractivity contribution in [2.45, 2.75) is 129 Å². The Labute approximate surface area is 453 Å². The van der Waals surface area contributed by atoms with E-state index in [0.717, 1.165) is 0 Å². The second kappa shape index (κ2) is 16.1. The summed E-state index contributed by atoms with van der Waals surface area (Å²) >= 11 is 0. The first-order chi connectivity index (χ1) is 36.0. The lowest BCUT2D eigenvalue weighted by atomic mass is 9.62. The van der Waals surface area contributed by atoms with Gasteiger partial charge in [0.25, 0.3) is 0 Å². The van der Waals surface area contributed by atoms with Gasteiger partial charge in [-0.1, -0.05) is 216 Å². The molecule has 0 amide bonds. The molecule has 13 rings (SSSR count). The first-order valence-corrected chi connectivity index (χ1v) is 27.7. The first-order valence-electron chi connectivity index (χ1n) is 27.7. The molecule has 2 atom stereocenters. The SMILES string of the molecule is Cc1ccc(N2c3ccccc3C3(c4cc(C(C)(C)C)ccc4-c4cc5c(cc43)-c3ccc(C(C)(C)C)cc3C53c4ccccc4N(c4ccc(C)cc4)c4ccc(C(C)(C)C)cc43)c3ccc(C(C)(C)C)cc32)cc1. The Hall–Kier alpha value is -7.42. The average molecular weight is 989 g/mol. The highest BCUT2D eigenvalue weighted by Crippen LogP contribution is 2.69. The maximum Gasteiger partial charge on any atom is 0.0754 e. The summed E-state index contributed by atoms with van der Waals surface area (Å²) in [6.07, 6.45) is 0. The molecule has 2 aliphatic heterocycles. The number of aryl methyl sites for hydroxylation is 2. The normalized spacial score (nSPS) is 17.9. The van der Waals surface area contributed by atoms with Gasteiger partial charge in [0, 0.05) is 11.4 Å². The Morgan fingerprint density at radius 2 is 0.592 bits per heavy atom. The van der Waals surface area contributed by atoms with E-state index in [2.05, 4.69) is 289 Å². The molecule has 378 valence electrons. The molecule has 2 heterocycles. The van der Waals surface area contributed by atoms with Gasteiger partial charge in [-0.3, -0.25) is 0 Å². The van der Waals surface area contributed by atoms with Crippen LogP contribution in [-0.2, 0) is 32.5 Å². The van der Waals surface area contributed by atoms with E-state index < -0.39 is 10.8 Å². The highest BCUT2D eigenvalue weighted by molar-refractivity contribution is 6.02. The van der Waals surface area contributed by atoms with Gasteiger partial charge in [-0.05, 0) is 185 Å². The molecular formula is C74H72N2. The summed E-state index contributed by atoms with van der Waals surface area (Å²) in [5.41, 5.74) is 29.4. The quantitative estimate of drug-likeness (QED) is 0.170. The number of hydrogen-bond acceptors (Lipinski definition) is 2. The molecule has 0 fully saturated rings. The Morgan fingerprint density at radius 1 is 0.263 bits per heavy atom. The molecule has 9 aromatic rings. The van der Waals surface area contributed by atoms with E-state index in [0.29, 0.717) is 0 Å². The predicted molar refractivity (Wildman–Crippen MR) is 322 cm³/mol. The van der Waals surface area contributed by atoms with Gasteiger partial charge in [0.1, 0.15) is 0 Å². The van der Waals surface area contributed by atoms with Crippen LogP contribution in [0.4, 0.5) is 34.1 Å². The molecule has 0 N–H and O–H groups in total. The van der Waals surface area contributed by atoms with Crippen LogP contribution < -0.4 is 9.80 Å².